The van der Waals surface area contributed by atoms with Crippen molar-refractivity contribution in [3.63, 3.8) is 0 Å². The molecule has 1 aliphatic heterocycles. The number of carboxylic acids is 1. The molecule has 5 nitrogen and oxygen atoms in total. The zero-order valence-electron chi connectivity index (χ0n) is 6.94. The Hall–Kier alpha value is -1.52. The van der Waals surface area contributed by atoms with Gasteiger partial charge in [-0.1, -0.05) is 0 Å². The van der Waals surface area contributed by atoms with Crippen molar-refractivity contribution in [2.24, 2.45) is 0 Å². The maximum absolute atomic E-state index is 11.1. The second-order valence-corrected chi connectivity index (χ2v) is 2.71. The van der Waals surface area contributed by atoms with Crippen molar-refractivity contribution >= 4 is 12.0 Å². The Morgan fingerprint density at radius 3 is 2.58 bits per heavy atom. The first-order valence-corrected chi connectivity index (χ1v) is 3.44. The van der Waals surface area contributed by atoms with Gasteiger partial charge in [-0.25, -0.2) is 9.59 Å². The van der Waals surface area contributed by atoms with Crippen molar-refractivity contribution in [3.8, 4) is 0 Å². The Morgan fingerprint density at radius 2 is 2.17 bits per heavy atom. The smallest absolute Gasteiger partial charge is 0.334 e. The summed E-state index contributed by atoms with van der Waals surface area (Å²) < 4.78 is 0. The fourth-order valence-corrected chi connectivity index (χ4v) is 1.05. The first-order chi connectivity index (χ1) is 5.52. The van der Waals surface area contributed by atoms with E-state index in [9.17, 15) is 9.59 Å². The first-order valence-electron chi connectivity index (χ1n) is 3.44. The number of amides is 2. The van der Waals surface area contributed by atoms with Crippen LogP contribution in [-0.4, -0.2) is 47.5 Å². The number of hydrogen-bond donors (Lipinski definition) is 1. The average Bonchev–Trinajstić information content (AvgIpc) is 1.99. The number of carboxylic acid groups (broad SMARTS) is 1. The summed E-state index contributed by atoms with van der Waals surface area (Å²) in [5.74, 6) is -0.985. The average molecular weight is 170 g/mol. The van der Waals surface area contributed by atoms with Crippen LogP contribution in [0.5, 0.6) is 0 Å². The number of urea groups is 1. The topological polar surface area (TPSA) is 60.9 Å². The summed E-state index contributed by atoms with van der Waals surface area (Å²) in [5.41, 5.74) is 0.222. The van der Waals surface area contributed by atoms with Crippen LogP contribution in [-0.2, 0) is 4.79 Å². The molecule has 0 aromatic heterocycles. The molecule has 1 rings (SSSR count). The SMILES string of the molecule is CN1C=C(C(=O)O)CN(C)C1=O. The Balaban J connectivity index is 2.88. The van der Waals surface area contributed by atoms with E-state index in [4.69, 9.17) is 5.11 Å². The van der Waals surface area contributed by atoms with Crippen LogP contribution >= 0.6 is 0 Å². The van der Waals surface area contributed by atoms with E-state index in [2.05, 4.69) is 0 Å². The fraction of sp³-hybridized carbons (Fsp3) is 0.429. The molecule has 0 unspecified atom stereocenters. The molecule has 1 N–H and O–H groups in total. The molecule has 0 aromatic rings. The van der Waals surface area contributed by atoms with E-state index in [-0.39, 0.29) is 18.1 Å². The van der Waals surface area contributed by atoms with E-state index in [1.54, 1.807) is 7.05 Å². The van der Waals surface area contributed by atoms with Gasteiger partial charge in [0.15, 0.2) is 0 Å². The minimum absolute atomic E-state index is 0.165. The second kappa shape index (κ2) is 2.84. The molecule has 0 radical (unpaired) electrons. The lowest BCUT2D eigenvalue weighted by molar-refractivity contribution is -0.133. The molecule has 0 spiro atoms. The Morgan fingerprint density at radius 1 is 1.58 bits per heavy atom. The highest BCUT2D eigenvalue weighted by Gasteiger charge is 2.23. The van der Waals surface area contributed by atoms with Gasteiger partial charge in [0.05, 0.1) is 12.1 Å². The quantitative estimate of drug-likeness (QED) is 0.600. The summed E-state index contributed by atoms with van der Waals surface area (Å²) in [6.45, 7) is 0.165. The van der Waals surface area contributed by atoms with Crippen LogP contribution < -0.4 is 0 Å². The van der Waals surface area contributed by atoms with Crippen molar-refractivity contribution in [3.05, 3.63) is 11.8 Å². The molecule has 5 heteroatoms. The lowest BCUT2D eigenvalue weighted by Crippen LogP contribution is -2.42. The van der Waals surface area contributed by atoms with E-state index >= 15 is 0 Å². The predicted octanol–water partition coefficient (Wildman–Crippen LogP) is -0.0479. The van der Waals surface area contributed by atoms with E-state index in [1.165, 1.54) is 23.0 Å². The van der Waals surface area contributed by atoms with E-state index < -0.39 is 5.97 Å². The zero-order chi connectivity index (χ0) is 9.30. The number of aliphatic carboxylic acids is 1. The fourth-order valence-electron chi connectivity index (χ4n) is 1.05. The normalized spacial score (nSPS) is 17.8. The lowest BCUT2D eigenvalue weighted by atomic mass is 10.2. The molecule has 12 heavy (non-hydrogen) atoms. The second-order valence-electron chi connectivity index (χ2n) is 2.71. The van der Waals surface area contributed by atoms with E-state index in [0.29, 0.717) is 0 Å². The number of likely N-dealkylation sites (N-methyl/N-ethyl adjacent to an activating group) is 1. The third-order valence-corrected chi connectivity index (χ3v) is 1.66. The Labute approximate surface area is 69.9 Å². The van der Waals surface area contributed by atoms with Crippen LogP contribution in [0.25, 0.3) is 0 Å². The third-order valence-electron chi connectivity index (χ3n) is 1.66. The van der Waals surface area contributed by atoms with Gasteiger partial charge in [0, 0.05) is 20.3 Å². The summed E-state index contributed by atoms with van der Waals surface area (Å²) in [7, 11) is 3.09. The Bertz CT molecular complexity index is 259. The summed E-state index contributed by atoms with van der Waals surface area (Å²) >= 11 is 0. The molecule has 0 saturated carbocycles. The highest BCUT2D eigenvalue weighted by atomic mass is 16.4. The summed E-state index contributed by atoms with van der Waals surface area (Å²) in [5, 5.41) is 8.63. The molecule has 1 aliphatic rings. The van der Waals surface area contributed by atoms with Crippen molar-refractivity contribution in [1.82, 2.24) is 9.80 Å². The van der Waals surface area contributed by atoms with Crippen molar-refractivity contribution < 1.29 is 14.7 Å². The molecular formula is C7H10N2O3. The third kappa shape index (κ3) is 1.39. The summed E-state index contributed by atoms with van der Waals surface area (Å²) in [4.78, 5) is 24.2. The maximum Gasteiger partial charge on any atom is 0.334 e. The van der Waals surface area contributed by atoms with Gasteiger partial charge in [0.2, 0.25) is 0 Å². The van der Waals surface area contributed by atoms with Gasteiger partial charge in [-0.05, 0) is 0 Å². The molecule has 0 bridgehead atoms. The first kappa shape index (κ1) is 8.58. The zero-order valence-corrected chi connectivity index (χ0v) is 6.94. The summed E-state index contributed by atoms with van der Waals surface area (Å²) in [6.07, 6.45) is 1.34. The van der Waals surface area contributed by atoms with Crippen molar-refractivity contribution in [2.45, 2.75) is 0 Å². The molecule has 0 fully saturated rings. The molecule has 0 saturated heterocycles. The number of rotatable bonds is 1. The van der Waals surface area contributed by atoms with Crippen LogP contribution in [0.4, 0.5) is 4.79 Å². The number of carbonyl (C=O) groups is 2. The minimum Gasteiger partial charge on any atom is -0.478 e. The standard InChI is InChI=1S/C7H10N2O3/c1-8-3-5(6(10)11)4-9(2)7(8)12/h3H,4H2,1-2H3,(H,10,11). The number of hydrogen-bond acceptors (Lipinski definition) is 2. The highest BCUT2D eigenvalue weighted by molar-refractivity contribution is 5.90. The van der Waals surface area contributed by atoms with Crippen LogP contribution in [0, 0.1) is 0 Å². The molecule has 0 aliphatic carbocycles. The summed E-state index contributed by atoms with van der Waals surface area (Å²) in [6, 6.07) is -0.194. The van der Waals surface area contributed by atoms with Gasteiger partial charge in [-0.2, -0.15) is 0 Å². The predicted molar refractivity (Wildman–Crippen MR) is 41.5 cm³/mol. The number of carbonyl (C=O) groups excluding carboxylic acids is 1. The molecule has 66 valence electrons. The largest absolute Gasteiger partial charge is 0.478 e. The van der Waals surface area contributed by atoms with Crippen LogP contribution in [0.2, 0.25) is 0 Å². The number of nitrogens with zero attached hydrogens (tertiary/aromatic N) is 2. The molecule has 0 atom stereocenters. The van der Waals surface area contributed by atoms with Crippen LogP contribution in [0.3, 0.4) is 0 Å². The molecule has 2 amide bonds. The van der Waals surface area contributed by atoms with Gasteiger partial charge in [0.25, 0.3) is 0 Å². The van der Waals surface area contributed by atoms with Gasteiger partial charge < -0.3 is 14.9 Å². The van der Waals surface area contributed by atoms with Crippen molar-refractivity contribution in [1.29, 1.82) is 0 Å². The Kier molecular flexibility index (Phi) is 2.03. The van der Waals surface area contributed by atoms with Gasteiger partial charge >= 0.3 is 12.0 Å². The van der Waals surface area contributed by atoms with Gasteiger partial charge in [-0.15, -0.1) is 0 Å². The molecule has 1 heterocycles. The van der Waals surface area contributed by atoms with E-state index in [1.807, 2.05) is 0 Å². The molecular weight excluding hydrogens is 160 g/mol. The lowest BCUT2D eigenvalue weighted by Gasteiger charge is -2.27. The van der Waals surface area contributed by atoms with Crippen molar-refractivity contribution in [2.75, 3.05) is 20.6 Å². The van der Waals surface area contributed by atoms with E-state index in [0.717, 1.165) is 0 Å². The molecule has 0 aromatic carbocycles. The maximum atomic E-state index is 11.1. The highest BCUT2D eigenvalue weighted by Crippen LogP contribution is 2.09. The van der Waals surface area contributed by atoms with Gasteiger partial charge in [-0.3, -0.25) is 0 Å². The van der Waals surface area contributed by atoms with Gasteiger partial charge in [0.1, 0.15) is 0 Å². The monoisotopic (exact) mass is 170 g/mol. The van der Waals surface area contributed by atoms with Crippen LogP contribution in [0.1, 0.15) is 0 Å². The van der Waals surface area contributed by atoms with Crippen LogP contribution in [0.15, 0.2) is 11.8 Å². The minimum atomic E-state index is -0.985.